The highest BCUT2D eigenvalue weighted by atomic mass is 19.1. The van der Waals surface area contributed by atoms with Crippen LogP contribution in [0.5, 0.6) is 0 Å². The predicted molar refractivity (Wildman–Crippen MR) is 126 cm³/mol. The Hall–Kier alpha value is -3.67. The molecular formula is C26H25FN4O. The summed E-state index contributed by atoms with van der Waals surface area (Å²) in [5.41, 5.74) is 4.35. The number of alkyl halides is 1. The molecule has 0 atom stereocenters. The molecule has 2 aromatic carbocycles. The number of hydrogen-bond donors (Lipinski definition) is 0. The molecule has 1 saturated heterocycles. The third-order valence-electron chi connectivity index (χ3n) is 6.12. The molecule has 32 heavy (non-hydrogen) atoms. The van der Waals surface area contributed by atoms with Crippen LogP contribution in [0.4, 0.5) is 10.1 Å². The number of benzene rings is 2. The van der Waals surface area contributed by atoms with Gasteiger partial charge in [0.1, 0.15) is 6.67 Å². The third kappa shape index (κ3) is 3.62. The summed E-state index contributed by atoms with van der Waals surface area (Å²) >= 11 is 0. The van der Waals surface area contributed by atoms with E-state index < -0.39 is 6.67 Å². The minimum Gasteiger partial charge on any atom is -0.367 e. The minimum absolute atomic E-state index is 0.00324. The number of pyridine rings is 1. The van der Waals surface area contributed by atoms with Crippen LogP contribution in [0.25, 0.3) is 22.2 Å². The smallest absolute Gasteiger partial charge is 0.256 e. The standard InChI is InChI=1S/C26H25FN4O/c27-12-14-31-23-11-5-4-10-22(23)24(25(31)20-7-2-1-3-8-20)26(32)30-17-15-29(16-18-30)21-9-6-13-28-19-21/h1-11,13,19H,12,14-18H2. The van der Waals surface area contributed by atoms with Gasteiger partial charge < -0.3 is 14.4 Å². The second-order valence-corrected chi connectivity index (χ2v) is 7.94. The van der Waals surface area contributed by atoms with E-state index in [9.17, 15) is 9.18 Å². The molecule has 2 aromatic heterocycles. The van der Waals surface area contributed by atoms with Crippen molar-refractivity contribution in [3.63, 3.8) is 0 Å². The number of carbonyl (C=O) groups excluding carboxylic acids is 1. The SMILES string of the molecule is O=C(c1c(-c2ccccc2)n(CCF)c2ccccc12)N1CCN(c2cccnc2)CC1. The van der Waals surface area contributed by atoms with E-state index in [2.05, 4.69) is 9.88 Å². The zero-order chi connectivity index (χ0) is 21.9. The van der Waals surface area contributed by atoms with Gasteiger partial charge in [-0.3, -0.25) is 9.78 Å². The summed E-state index contributed by atoms with van der Waals surface area (Å²) < 4.78 is 15.5. The van der Waals surface area contributed by atoms with Gasteiger partial charge in [-0.2, -0.15) is 0 Å². The summed E-state index contributed by atoms with van der Waals surface area (Å²) in [5, 5.41) is 0.875. The zero-order valence-electron chi connectivity index (χ0n) is 17.8. The number of amides is 1. The van der Waals surface area contributed by atoms with Crippen LogP contribution in [-0.2, 0) is 6.54 Å². The molecule has 0 bridgehead atoms. The first kappa shape index (κ1) is 20.2. The van der Waals surface area contributed by atoms with Crippen LogP contribution in [0.2, 0.25) is 0 Å². The molecule has 0 aliphatic carbocycles. The number of carbonyl (C=O) groups is 1. The van der Waals surface area contributed by atoms with E-state index in [1.807, 2.05) is 82.4 Å². The normalized spacial score (nSPS) is 14.2. The van der Waals surface area contributed by atoms with Gasteiger partial charge in [0.15, 0.2) is 0 Å². The molecular weight excluding hydrogens is 403 g/mol. The Morgan fingerprint density at radius 1 is 0.906 bits per heavy atom. The molecule has 1 aliphatic rings. The number of piperazine rings is 1. The van der Waals surface area contributed by atoms with Crippen molar-refractivity contribution in [3.05, 3.63) is 84.7 Å². The fourth-order valence-electron chi connectivity index (χ4n) is 4.60. The molecule has 6 heteroatoms. The summed E-state index contributed by atoms with van der Waals surface area (Å²) in [6.45, 7) is 2.49. The van der Waals surface area contributed by atoms with Crippen LogP contribution in [0.1, 0.15) is 10.4 Å². The number of rotatable bonds is 5. The number of aryl methyl sites for hydroxylation is 1. The number of halogens is 1. The first-order valence-corrected chi connectivity index (χ1v) is 10.9. The highest BCUT2D eigenvalue weighted by Crippen LogP contribution is 2.35. The van der Waals surface area contributed by atoms with Crippen molar-refractivity contribution >= 4 is 22.5 Å². The van der Waals surface area contributed by atoms with Crippen molar-refractivity contribution < 1.29 is 9.18 Å². The lowest BCUT2D eigenvalue weighted by Crippen LogP contribution is -2.48. The molecule has 5 nitrogen and oxygen atoms in total. The number of anilines is 1. The van der Waals surface area contributed by atoms with E-state index >= 15 is 0 Å². The monoisotopic (exact) mass is 428 g/mol. The quantitative estimate of drug-likeness (QED) is 0.465. The lowest BCUT2D eigenvalue weighted by molar-refractivity contribution is 0.0749. The molecule has 0 N–H and O–H groups in total. The van der Waals surface area contributed by atoms with Crippen LogP contribution in [0.15, 0.2) is 79.1 Å². The second-order valence-electron chi connectivity index (χ2n) is 7.94. The van der Waals surface area contributed by atoms with Crippen molar-refractivity contribution in [2.24, 2.45) is 0 Å². The van der Waals surface area contributed by atoms with E-state index in [4.69, 9.17) is 0 Å². The van der Waals surface area contributed by atoms with E-state index in [0.29, 0.717) is 18.7 Å². The molecule has 0 saturated carbocycles. The number of hydrogen-bond acceptors (Lipinski definition) is 3. The van der Waals surface area contributed by atoms with E-state index in [-0.39, 0.29) is 12.5 Å². The zero-order valence-corrected chi connectivity index (χ0v) is 17.8. The molecule has 162 valence electrons. The van der Waals surface area contributed by atoms with Gasteiger partial charge in [-0.25, -0.2) is 4.39 Å². The summed E-state index contributed by atoms with van der Waals surface area (Å²) in [5.74, 6) is 0.00324. The Kier molecular flexibility index (Phi) is 5.58. The van der Waals surface area contributed by atoms with Gasteiger partial charge in [-0.05, 0) is 23.8 Å². The summed E-state index contributed by atoms with van der Waals surface area (Å²) in [6, 6.07) is 21.6. The first-order valence-electron chi connectivity index (χ1n) is 10.9. The molecule has 0 unspecified atom stereocenters. The van der Waals surface area contributed by atoms with Crippen LogP contribution < -0.4 is 4.90 Å². The number of nitrogens with zero attached hydrogens (tertiary/aromatic N) is 4. The Labute approximate surface area is 186 Å². The van der Waals surface area contributed by atoms with Crippen LogP contribution in [-0.4, -0.2) is 53.2 Å². The molecule has 1 aliphatic heterocycles. The molecule has 1 amide bonds. The van der Waals surface area contributed by atoms with Gasteiger partial charge in [-0.15, -0.1) is 0 Å². The Morgan fingerprint density at radius 3 is 2.38 bits per heavy atom. The highest BCUT2D eigenvalue weighted by Gasteiger charge is 2.29. The molecule has 3 heterocycles. The fourth-order valence-corrected chi connectivity index (χ4v) is 4.60. The van der Waals surface area contributed by atoms with Crippen molar-refractivity contribution in [2.45, 2.75) is 6.54 Å². The summed E-state index contributed by atoms with van der Waals surface area (Å²) in [7, 11) is 0. The lowest BCUT2D eigenvalue weighted by atomic mass is 10.0. The van der Waals surface area contributed by atoms with Crippen molar-refractivity contribution in [2.75, 3.05) is 37.8 Å². The number of aromatic nitrogens is 2. The Morgan fingerprint density at radius 2 is 1.66 bits per heavy atom. The van der Waals surface area contributed by atoms with Crippen LogP contribution in [0, 0.1) is 0 Å². The van der Waals surface area contributed by atoms with E-state index in [1.165, 1.54) is 0 Å². The predicted octanol–water partition coefficient (Wildman–Crippen LogP) is 4.64. The van der Waals surface area contributed by atoms with Gasteiger partial charge in [0, 0.05) is 43.3 Å². The van der Waals surface area contributed by atoms with Crippen molar-refractivity contribution in [3.8, 4) is 11.3 Å². The molecule has 4 aromatic rings. The maximum Gasteiger partial charge on any atom is 0.256 e. The van der Waals surface area contributed by atoms with Gasteiger partial charge in [0.25, 0.3) is 5.91 Å². The van der Waals surface area contributed by atoms with Gasteiger partial charge in [-0.1, -0.05) is 48.5 Å². The highest BCUT2D eigenvalue weighted by molar-refractivity contribution is 6.12. The Balaban J connectivity index is 1.53. The third-order valence-corrected chi connectivity index (χ3v) is 6.12. The fraction of sp³-hybridized carbons (Fsp3) is 0.231. The largest absolute Gasteiger partial charge is 0.367 e. The molecule has 0 spiro atoms. The maximum atomic E-state index is 13.9. The van der Waals surface area contributed by atoms with Crippen molar-refractivity contribution in [1.29, 1.82) is 0 Å². The average Bonchev–Trinajstić information content (AvgIpc) is 3.19. The maximum absolute atomic E-state index is 13.9. The molecule has 5 rings (SSSR count). The first-order chi connectivity index (χ1) is 15.8. The minimum atomic E-state index is -0.490. The topological polar surface area (TPSA) is 41.4 Å². The van der Waals surface area contributed by atoms with Gasteiger partial charge in [0.05, 0.1) is 29.7 Å². The van der Waals surface area contributed by atoms with E-state index in [1.54, 1.807) is 6.20 Å². The van der Waals surface area contributed by atoms with Gasteiger partial charge in [0.2, 0.25) is 0 Å². The number of para-hydroxylation sites is 1. The summed E-state index contributed by atoms with van der Waals surface area (Å²) in [6.07, 6.45) is 3.62. The number of fused-ring (bicyclic) bond motifs is 1. The second kappa shape index (κ2) is 8.83. The van der Waals surface area contributed by atoms with Gasteiger partial charge >= 0.3 is 0 Å². The van der Waals surface area contributed by atoms with Crippen molar-refractivity contribution in [1.82, 2.24) is 14.5 Å². The van der Waals surface area contributed by atoms with E-state index in [0.717, 1.165) is 40.9 Å². The summed E-state index contributed by atoms with van der Waals surface area (Å²) in [4.78, 5) is 22.2. The lowest BCUT2D eigenvalue weighted by Gasteiger charge is -2.36. The molecule has 1 fully saturated rings. The Bertz CT molecular complexity index is 1210. The van der Waals surface area contributed by atoms with Crippen LogP contribution in [0.3, 0.4) is 0 Å². The average molecular weight is 429 g/mol. The molecule has 0 radical (unpaired) electrons. The van der Waals surface area contributed by atoms with Crippen LogP contribution >= 0.6 is 0 Å².